The molecular formula is C12H17N3O4. The van der Waals surface area contributed by atoms with Gasteiger partial charge >= 0.3 is 0 Å². The van der Waals surface area contributed by atoms with Crippen LogP contribution in [0, 0.1) is 10.1 Å². The smallest absolute Gasteiger partial charge is 0.270 e. The van der Waals surface area contributed by atoms with Crippen molar-refractivity contribution < 1.29 is 14.8 Å². The summed E-state index contributed by atoms with van der Waals surface area (Å²) in [6, 6.07) is 4.10. The molecule has 7 heteroatoms. The van der Waals surface area contributed by atoms with Gasteiger partial charge in [-0.1, -0.05) is 0 Å². The summed E-state index contributed by atoms with van der Waals surface area (Å²) in [6.07, 6.45) is -0.676. The molecule has 0 aromatic heterocycles. The molecule has 1 atom stereocenters. The third kappa shape index (κ3) is 3.92. The molecule has 0 fully saturated rings. The summed E-state index contributed by atoms with van der Waals surface area (Å²) in [5, 5.41) is 22.4. The van der Waals surface area contributed by atoms with Crippen molar-refractivity contribution in [3.63, 3.8) is 0 Å². The van der Waals surface area contributed by atoms with E-state index in [0.717, 1.165) is 0 Å². The Morgan fingerprint density at radius 1 is 1.53 bits per heavy atom. The summed E-state index contributed by atoms with van der Waals surface area (Å²) in [4.78, 5) is 23.9. The highest BCUT2D eigenvalue weighted by molar-refractivity contribution is 6.00. The summed E-state index contributed by atoms with van der Waals surface area (Å²) >= 11 is 0. The Hall–Kier alpha value is -2.15. The van der Waals surface area contributed by atoms with E-state index >= 15 is 0 Å². The fourth-order valence-corrected chi connectivity index (χ4v) is 1.55. The van der Waals surface area contributed by atoms with Crippen molar-refractivity contribution in [3.05, 3.63) is 33.9 Å². The monoisotopic (exact) mass is 267 g/mol. The summed E-state index contributed by atoms with van der Waals surface area (Å²) in [5.74, 6) is -0.451. The number of carbonyl (C=O) groups excluding carboxylic acids is 1. The van der Waals surface area contributed by atoms with Gasteiger partial charge in [-0.3, -0.25) is 14.9 Å². The summed E-state index contributed by atoms with van der Waals surface area (Å²) in [7, 11) is 3.49. The van der Waals surface area contributed by atoms with Crippen LogP contribution in [0.15, 0.2) is 18.2 Å². The van der Waals surface area contributed by atoms with E-state index in [1.165, 1.54) is 18.2 Å². The van der Waals surface area contributed by atoms with E-state index in [2.05, 4.69) is 5.32 Å². The third-order valence-electron chi connectivity index (χ3n) is 2.48. The predicted molar refractivity (Wildman–Crippen MR) is 71.4 cm³/mol. The number of benzene rings is 1. The zero-order valence-corrected chi connectivity index (χ0v) is 11.1. The van der Waals surface area contributed by atoms with E-state index < -0.39 is 16.9 Å². The Bertz CT molecular complexity index is 486. The number of amides is 1. The Balaban J connectivity index is 3.10. The summed E-state index contributed by atoms with van der Waals surface area (Å²) in [6.45, 7) is 1.63. The standard InChI is InChI=1S/C12H17N3O4/c1-8(16)7-13-12(17)10-6-9(15(18)19)4-5-11(10)14(2)3/h4-6,8,16H,7H2,1-3H3,(H,13,17). The van der Waals surface area contributed by atoms with E-state index in [0.29, 0.717) is 5.69 Å². The second-order valence-corrected chi connectivity index (χ2v) is 4.41. The van der Waals surface area contributed by atoms with E-state index in [-0.39, 0.29) is 17.8 Å². The number of carbonyl (C=O) groups is 1. The normalized spacial score (nSPS) is 11.8. The first-order chi connectivity index (χ1) is 8.82. The van der Waals surface area contributed by atoms with Crippen LogP contribution in [0.4, 0.5) is 11.4 Å². The highest BCUT2D eigenvalue weighted by Gasteiger charge is 2.17. The Kier molecular flexibility index (Phi) is 4.82. The largest absolute Gasteiger partial charge is 0.392 e. The highest BCUT2D eigenvalue weighted by atomic mass is 16.6. The van der Waals surface area contributed by atoms with Crippen molar-refractivity contribution in [1.82, 2.24) is 5.32 Å². The highest BCUT2D eigenvalue weighted by Crippen LogP contribution is 2.24. The minimum absolute atomic E-state index is 0.0917. The van der Waals surface area contributed by atoms with Crippen molar-refractivity contribution in [2.75, 3.05) is 25.5 Å². The lowest BCUT2D eigenvalue weighted by atomic mass is 10.1. The number of rotatable bonds is 5. The SMILES string of the molecule is CC(O)CNC(=O)c1cc([N+](=O)[O-])ccc1N(C)C. The molecule has 1 aromatic rings. The minimum atomic E-state index is -0.676. The van der Waals surface area contributed by atoms with Crippen LogP contribution in [0.5, 0.6) is 0 Å². The zero-order valence-electron chi connectivity index (χ0n) is 11.1. The van der Waals surface area contributed by atoms with Gasteiger partial charge < -0.3 is 15.3 Å². The van der Waals surface area contributed by atoms with Gasteiger partial charge in [0.2, 0.25) is 0 Å². The van der Waals surface area contributed by atoms with Crippen molar-refractivity contribution in [2.24, 2.45) is 0 Å². The first-order valence-corrected chi connectivity index (χ1v) is 5.75. The summed E-state index contributed by atoms with van der Waals surface area (Å²) < 4.78 is 0. The van der Waals surface area contributed by atoms with Gasteiger partial charge in [-0.2, -0.15) is 0 Å². The van der Waals surface area contributed by atoms with Crippen molar-refractivity contribution >= 4 is 17.3 Å². The van der Waals surface area contributed by atoms with Crippen LogP contribution in [-0.2, 0) is 0 Å². The molecule has 0 aliphatic carbocycles. The average molecular weight is 267 g/mol. The summed E-state index contributed by atoms with van der Waals surface area (Å²) in [5.41, 5.74) is 0.640. The van der Waals surface area contributed by atoms with E-state index in [1.807, 2.05) is 0 Å². The van der Waals surface area contributed by atoms with Crippen LogP contribution in [0.25, 0.3) is 0 Å². The number of nitro groups is 1. The first kappa shape index (κ1) is 14.9. The Labute approximate surface area is 111 Å². The number of anilines is 1. The van der Waals surface area contributed by atoms with Crippen LogP contribution >= 0.6 is 0 Å². The van der Waals surface area contributed by atoms with Gasteiger partial charge in [0.15, 0.2) is 0 Å². The number of hydrogen-bond donors (Lipinski definition) is 2. The van der Waals surface area contributed by atoms with Crippen LogP contribution < -0.4 is 10.2 Å². The molecule has 19 heavy (non-hydrogen) atoms. The second-order valence-electron chi connectivity index (χ2n) is 4.41. The minimum Gasteiger partial charge on any atom is -0.392 e. The van der Waals surface area contributed by atoms with E-state index in [4.69, 9.17) is 5.11 Å². The molecule has 0 heterocycles. The Morgan fingerprint density at radius 3 is 2.63 bits per heavy atom. The first-order valence-electron chi connectivity index (χ1n) is 5.75. The number of hydrogen-bond acceptors (Lipinski definition) is 5. The number of aliphatic hydroxyl groups excluding tert-OH is 1. The molecule has 0 aliphatic heterocycles. The molecule has 1 amide bonds. The van der Waals surface area contributed by atoms with Gasteiger partial charge in [-0.25, -0.2) is 0 Å². The quantitative estimate of drug-likeness (QED) is 0.607. The molecule has 0 saturated carbocycles. The molecule has 1 rings (SSSR count). The number of nitrogens with zero attached hydrogens (tertiary/aromatic N) is 2. The maximum Gasteiger partial charge on any atom is 0.270 e. The predicted octanol–water partition coefficient (Wildman–Crippen LogP) is 0.771. The number of nitro benzene ring substituents is 1. The molecule has 0 bridgehead atoms. The molecule has 1 aromatic carbocycles. The molecule has 0 radical (unpaired) electrons. The fraction of sp³-hybridized carbons (Fsp3) is 0.417. The van der Waals surface area contributed by atoms with Crippen LogP contribution in [0.1, 0.15) is 17.3 Å². The lowest BCUT2D eigenvalue weighted by Crippen LogP contribution is -2.31. The molecule has 1 unspecified atom stereocenters. The van der Waals surface area contributed by atoms with Gasteiger partial charge in [0, 0.05) is 38.5 Å². The number of aliphatic hydroxyl groups is 1. The van der Waals surface area contributed by atoms with Crippen LogP contribution in [0.3, 0.4) is 0 Å². The average Bonchev–Trinajstić information content (AvgIpc) is 2.34. The fourth-order valence-electron chi connectivity index (χ4n) is 1.55. The van der Waals surface area contributed by atoms with Gasteiger partial charge in [0.05, 0.1) is 16.6 Å². The molecule has 104 valence electrons. The second kappa shape index (κ2) is 6.14. The van der Waals surface area contributed by atoms with E-state index in [1.54, 1.807) is 25.9 Å². The van der Waals surface area contributed by atoms with Crippen molar-refractivity contribution in [1.29, 1.82) is 0 Å². The van der Waals surface area contributed by atoms with Crippen LogP contribution in [-0.4, -0.2) is 42.7 Å². The van der Waals surface area contributed by atoms with Crippen molar-refractivity contribution in [2.45, 2.75) is 13.0 Å². The maximum absolute atomic E-state index is 12.0. The van der Waals surface area contributed by atoms with Crippen molar-refractivity contribution in [3.8, 4) is 0 Å². The molecule has 0 aliphatic rings. The van der Waals surface area contributed by atoms with E-state index in [9.17, 15) is 14.9 Å². The molecule has 2 N–H and O–H groups in total. The zero-order chi connectivity index (χ0) is 14.6. The molecule has 0 saturated heterocycles. The lowest BCUT2D eigenvalue weighted by Gasteiger charge is -2.17. The Morgan fingerprint density at radius 2 is 2.16 bits per heavy atom. The van der Waals surface area contributed by atoms with Gasteiger partial charge in [-0.15, -0.1) is 0 Å². The number of non-ortho nitro benzene ring substituents is 1. The van der Waals surface area contributed by atoms with Gasteiger partial charge in [0.1, 0.15) is 0 Å². The molecular weight excluding hydrogens is 250 g/mol. The lowest BCUT2D eigenvalue weighted by molar-refractivity contribution is -0.384. The third-order valence-corrected chi connectivity index (χ3v) is 2.48. The van der Waals surface area contributed by atoms with Gasteiger partial charge in [0.25, 0.3) is 11.6 Å². The number of nitrogens with one attached hydrogen (secondary N) is 1. The molecule has 0 spiro atoms. The van der Waals surface area contributed by atoms with Crippen LogP contribution in [0.2, 0.25) is 0 Å². The maximum atomic E-state index is 12.0. The topological polar surface area (TPSA) is 95.7 Å². The van der Waals surface area contributed by atoms with Gasteiger partial charge in [-0.05, 0) is 13.0 Å². The molecule has 7 nitrogen and oxygen atoms in total.